The van der Waals surface area contributed by atoms with Gasteiger partial charge in [0.05, 0.1) is 30.3 Å². The molecule has 63 heavy (non-hydrogen) atoms. The van der Waals surface area contributed by atoms with Crippen LogP contribution in [0, 0.1) is 12.8 Å². The number of pyridine rings is 1. The molecule has 0 radical (unpaired) electrons. The molecule has 4 aromatic heterocycles. The van der Waals surface area contributed by atoms with Crippen molar-refractivity contribution >= 4 is 68.2 Å². The van der Waals surface area contributed by atoms with Gasteiger partial charge in [0.15, 0.2) is 28.5 Å². The van der Waals surface area contributed by atoms with Crippen LogP contribution in [0.25, 0.3) is 94.4 Å². The number of hydrogen-bond donors (Lipinski definition) is 0. The molecule has 1 atom stereocenters. The van der Waals surface area contributed by atoms with E-state index in [4.69, 9.17) is 8.83 Å². The minimum Gasteiger partial charge on any atom is -0.456 e. The van der Waals surface area contributed by atoms with Gasteiger partial charge in [0, 0.05) is 32.8 Å². The van der Waals surface area contributed by atoms with Gasteiger partial charge < -0.3 is 8.83 Å². The summed E-state index contributed by atoms with van der Waals surface area (Å²) in [5.74, 6) is 1.65. The Bertz CT molecular complexity index is 3750. The molecule has 2 aliphatic heterocycles. The van der Waals surface area contributed by atoms with Crippen molar-refractivity contribution in [2.75, 3.05) is 0 Å². The third-order valence-corrected chi connectivity index (χ3v) is 16.0. The summed E-state index contributed by atoms with van der Waals surface area (Å²) in [5, 5.41) is 5.95. The average molecular weight is 834 g/mol. The van der Waals surface area contributed by atoms with Crippen molar-refractivity contribution in [1.82, 2.24) is 4.57 Å². The first-order valence-electron chi connectivity index (χ1n) is 22.3. The van der Waals surface area contributed by atoms with Crippen molar-refractivity contribution in [2.24, 2.45) is 5.92 Å². The van der Waals surface area contributed by atoms with Gasteiger partial charge in [0.25, 0.3) is 0 Å². The first-order valence-corrected chi connectivity index (χ1v) is 25.8. The second kappa shape index (κ2) is 12.8. The second-order valence-corrected chi connectivity index (χ2v) is 24.4. The predicted molar refractivity (Wildman–Crippen MR) is 259 cm³/mol. The first-order chi connectivity index (χ1) is 30.6. The van der Waals surface area contributed by atoms with Gasteiger partial charge in [0.1, 0.15) is 16.7 Å². The lowest BCUT2D eigenvalue weighted by Gasteiger charge is -2.24. The number of furan rings is 2. The van der Waals surface area contributed by atoms with Gasteiger partial charge in [-0.05, 0) is 96.6 Å². The molecule has 6 heterocycles. The van der Waals surface area contributed by atoms with Crippen molar-refractivity contribution in [3.63, 3.8) is 0 Å². The van der Waals surface area contributed by atoms with Gasteiger partial charge in [-0.1, -0.05) is 124 Å². The van der Waals surface area contributed by atoms with Gasteiger partial charge in [-0.15, -0.1) is 9.13 Å². The van der Waals surface area contributed by atoms with Gasteiger partial charge >= 0.3 is 11.5 Å². The van der Waals surface area contributed by atoms with Crippen LogP contribution < -0.4 is 14.3 Å². The Morgan fingerprint density at radius 2 is 1.35 bits per heavy atom. The number of benzene rings is 7. The molecule has 0 fully saturated rings. The van der Waals surface area contributed by atoms with E-state index >= 15 is 0 Å². The maximum atomic E-state index is 6.94. The average Bonchev–Trinajstić information content (AvgIpc) is 4.06. The number of para-hydroxylation sites is 4. The summed E-state index contributed by atoms with van der Waals surface area (Å²) in [6.45, 7) is 14.3. The lowest BCUT2D eigenvalue weighted by molar-refractivity contribution is -0.944. The highest BCUT2D eigenvalue weighted by Gasteiger charge is 2.66. The highest BCUT2D eigenvalue weighted by atomic mass is 28.3. The summed E-state index contributed by atoms with van der Waals surface area (Å²) in [4.78, 5) is 0. The third-order valence-electron chi connectivity index (χ3n) is 13.9. The number of hydrogen-bond acceptors (Lipinski definition) is 2. The van der Waals surface area contributed by atoms with Crippen LogP contribution in [0.4, 0.5) is 0 Å². The highest BCUT2D eigenvalue weighted by molar-refractivity contribution is 6.89. The van der Waals surface area contributed by atoms with E-state index in [1.54, 1.807) is 0 Å². The largest absolute Gasteiger partial charge is 0.456 e. The zero-order valence-electron chi connectivity index (χ0n) is 36.5. The lowest BCUT2D eigenvalue weighted by Crippen LogP contribution is -2.72. The Balaban J connectivity index is 1.21. The van der Waals surface area contributed by atoms with Gasteiger partial charge in [-0.2, -0.15) is 4.57 Å². The molecule has 1 spiro atoms. The summed E-state index contributed by atoms with van der Waals surface area (Å²) >= 11 is 0. The summed E-state index contributed by atoms with van der Waals surface area (Å²) in [7, 11) is -1.86. The molecule has 13 rings (SSSR count). The number of aryl methyl sites for hydroxylation is 1. The number of rotatable bonds is 5. The normalized spacial score (nSPS) is 15.4. The van der Waals surface area contributed by atoms with E-state index in [0.29, 0.717) is 5.92 Å². The predicted octanol–water partition coefficient (Wildman–Crippen LogP) is 13.0. The number of nitrogens with zero attached hydrogens (tertiary/aromatic N) is 3. The van der Waals surface area contributed by atoms with E-state index in [-0.39, 0.29) is 0 Å². The molecule has 304 valence electrons. The molecule has 0 bridgehead atoms. The molecule has 0 saturated heterocycles. The maximum Gasteiger partial charge on any atom is 0.364 e. The summed E-state index contributed by atoms with van der Waals surface area (Å²) < 4.78 is 21.6. The van der Waals surface area contributed by atoms with Crippen molar-refractivity contribution in [3.8, 4) is 39.5 Å². The standard InChI is InChI=1S/C57H47N3O2Si/c1-34(2)28-38-30-50-41-15-7-9-17-45(41)57(58(50)33-54(38)63(4,5)6)46-32-53-43(42-29-37(26-27-52(42)61-53)36-24-22-35(3)23-25-36)31-44(46)56-59(47-18-10-11-19-48(47)60(56)57)49-20-13-16-40-39-14-8-12-21-51(39)62-55(40)49/h7-27,29-34H,28H2,1-6H3/q+2. The van der Waals surface area contributed by atoms with E-state index < -0.39 is 13.7 Å². The van der Waals surface area contributed by atoms with Crippen molar-refractivity contribution in [1.29, 1.82) is 0 Å². The molecule has 11 aromatic rings. The lowest BCUT2D eigenvalue weighted by atomic mass is 9.89. The Labute approximate surface area is 367 Å². The van der Waals surface area contributed by atoms with Crippen LogP contribution in [-0.4, -0.2) is 12.6 Å². The van der Waals surface area contributed by atoms with Crippen LogP contribution >= 0.6 is 0 Å². The summed E-state index contributed by atoms with van der Waals surface area (Å²) in [5.41, 5.74) is 17.3. The van der Waals surface area contributed by atoms with E-state index in [0.717, 1.165) is 72.8 Å². The van der Waals surface area contributed by atoms with Crippen LogP contribution in [0.2, 0.25) is 19.6 Å². The maximum absolute atomic E-state index is 6.94. The zero-order chi connectivity index (χ0) is 42.5. The van der Waals surface area contributed by atoms with Crippen LogP contribution in [0.5, 0.6) is 0 Å². The first kappa shape index (κ1) is 36.6. The topological polar surface area (TPSA) is 39.0 Å². The number of imidazole rings is 1. The van der Waals surface area contributed by atoms with Crippen LogP contribution in [0.15, 0.2) is 167 Å². The summed E-state index contributed by atoms with van der Waals surface area (Å²) in [6, 6.07) is 55.9. The van der Waals surface area contributed by atoms with E-state index in [1.807, 2.05) is 0 Å². The molecule has 6 heteroatoms. The quantitative estimate of drug-likeness (QED) is 0.128. The minimum absolute atomic E-state index is 0.536. The molecule has 7 aromatic carbocycles. The van der Waals surface area contributed by atoms with Gasteiger partial charge in [0.2, 0.25) is 5.69 Å². The van der Waals surface area contributed by atoms with Gasteiger partial charge in [-0.25, -0.2) is 0 Å². The molecule has 0 N–H and O–H groups in total. The second-order valence-electron chi connectivity index (χ2n) is 19.3. The van der Waals surface area contributed by atoms with E-state index in [9.17, 15) is 0 Å². The highest BCUT2D eigenvalue weighted by Crippen LogP contribution is 2.52. The van der Waals surface area contributed by atoms with Crippen LogP contribution in [0.3, 0.4) is 0 Å². The molecule has 0 amide bonds. The van der Waals surface area contributed by atoms with E-state index in [1.165, 1.54) is 55.4 Å². The van der Waals surface area contributed by atoms with Crippen molar-refractivity contribution in [2.45, 2.75) is 52.5 Å². The molecular weight excluding hydrogens is 787 g/mol. The van der Waals surface area contributed by atoms with Crippen LogP contribution in [-0.2, 0) is 12.1 Å². The van der Waals surface area contributed by atoms with Crippen molar-refractivity contribution < 1.29 is 18.0 Å². The SMILES string of the molecule is Cc1ccc(-c2ccc3oc4cc5c(cc4c3c2)-c2n(-c3cccc4c3oc3ccccc34)c3ccccc3[n+]2C52c3ccccc3-c3cc(CC(C)C)c([Si](C)(C)C)c[n+]32)cc1. The third kappa shape index (κ3) is 4.93. The smallest absolute Gasteiger partial charge is 0.364 e. The fourth-order valence-corrected chi connectivity index (χ4v) is 12.9. The fraction of sp³-hybridized carbons (Fsp3) is 0.158. The Morgan fingerprint density at radius 1 is 0.619 bits per heavy atom. The zero-order valence-corrected chi connectivity index (χ0v) is 37.5. The minimum atomic E-state index is -1.86. The molecule has 5 nitrogen and oxygen atoms in total. The monoisotopic (exact) mass is 833 g/mol. The fourth-order valence-electron chi connectivity index (χ4n) is 11.2. The molecule has 0 aliphatic carbocycles. The van der Waals surface area contributed by atoms with Crippen molar-refractivity contribution in [3.05, 3.63) is 180 Å². The van der Waals surface area contributed by atoms with E-state index in [2.05, 4.69) is 212 Å². The molecule has 2 aliphatic rings. The number of aromatic nitrogens is 3. The Morgan fingerprint density at radius 3 is 2.19 bits per heavy atom. The Kier molecular flexibility index (Phi) is 7.42. The molecule has 1 unspecified atom stereocenters. The summed E-state index contributed by atoms with van der Waals surface area (Å²) in [6.07, 6.45) is 3.61. The molecular formula is C57H47N3O2Si+2. The molecule has 0 saturated carbocycles. The Hall–Kier alpha value is -7.02. The van der Waals surface area contributed by atoms with Gasteiger partial charge in [-0.3, -0.25) is 0 Å². The number of fused-ring (bicyclic) bond motifs is 18. The van der Waals surface area contributed by atoms with Crippen LogP contribution in [0.1, 0.15) is 36.1 Å².